The highest BCUT2D eigenvalue weighted by Gasteiger charge is 2.67. The van der Waals surface area contributed by atoms with Gasteiger partial charge in [-0.1, -0.05) is 45.4 Å². The van der Waals surface area contributed by atoms with E-state index in [1.165, 1.54) is 5.57 Å². The van der Waals surface area contributed by atoms with Gasteiger partial charge in [0.15, 0.2) is 5.76 Å². The molecule has 0 amide bonds. The maximum atomic E-state index is 12.6. The first-order valence-electron chi connectivity index (χ1n) is 12.6. The predicted molar refractivity (Wildman–Crippen MR) is 129 cm³/mol. The van der Waals surface area contributed by atoms with Crippen LogP contribution in [-0.4, -0.2) is 22.0 Å². The number of hydrogen-bond donors (Lipinski definition) is 2. The molecule has 0 spiro atoms. The van der Waals surface area contributed by atoms with Crippen LogP contribution in [0.15, 0.2) is 46.3 Å². The van der Waals surface area contributed by atoms with Crippen LogP contribution in [0.5, 0.6) is 0 Å². The molecule has 0 radical (unpaired) electrons. The summed E-state index contributed by atoms with van der Waals surface area (Å²) in [7, 11) is 0. The van der Waals surface area contributed by atoms with Crippen molar-refractivity contribution in [2.24, 2.45) is 33.0 Å². The van der Waals surface area contributed by atoms with Crippen LogP contribution in [0.25, 0.3) is 0 Å². The number of carboxylic acids is 1. The normalized spacial score (nSPS) is 46.8. The molecular weight excluding hydrogens is 412 g/mol. The molecule has 5 aliphatic rings. The van der Waals surface area contributed by atoms with Gasteiger partial charge in [-0.25, -0.2) is 0 Å². The summed E-state index contributed by atoms with van der Waals surface area (Å²) in [5.41, 5.74) is 3.33. The Morgan fingerprint density at radius 2 is 1.64 bits per heavy atom. The van der Waals surface area contributed by atoms with Crippen LogP contribution >= 0.6 is 0 Å². The molecule has 33 heavy (non-hydrogen) atoms. The average molecular weight is 451 g/mol. The summed E-state index contributed by atoms with van der Waals surface area (Å²) in [5.74, 6) is -0.734. The van der Waals surface area contributed by atoms with Crippen LogP contribution in [0, 0.1) is 33.0 Å². The van der Waals surface area contributed by atoms with Crippen molar-refractivity contribution in [3.8, 4) is 0 Å². The molecule has 0 aromatic carbocycles. The molecular formula is C29H38O4. The van der Waals surface area contributed by atoms with Crippen molar-refractivity contribution in [2.45, 2.75) is 86.5 Å². The third kappa shape index (κ3) is 2.64. The Labute approximate surface area is 197 Å². The first kappa shape index (κ1) is 22.7. The minimum atomic E-state index is -0.655. The number of carbonyl (C=O) groups is 2. The fourth-order valence-electron chi connectivity index (χ4n) is 8.65. The van der Waals surface area contributed by atoms with Crippen LogP contribution in [0.1, 0.15) is 86.5 Å². The largest absolute Gasteiger partial charge is 0.504 e. The highest BCUT2D eigenvalue weighted by Crippen LogP contribution is 2.75. The molecule has 4 heteroatoms. The lowest BCUT2D eigenvalue weighted by Gasteiger charge is -2.70. The standard InChI is InChI=1S/C29H38O4/c1-17-18-7-8-21-27(4,19(18)15-20(30)23(17)31)12-14-29(6)22-16-26(3,24(32)33)10-9-25(22,2)11-13-28(21,29)5/h7-8,15,22,31H,9-14,16H2,1-6H3,(H,32,33)/t22-,25-,26-,27-,28-,29+/m1/s1. The number of aliphatic hydroxyl groups excluding tert-OH is 1. The third-order valence-corrected chi connectivity index (χ3v) is 11.4. The summed E-state index contributed by atoms with van der Waals surface area (Å²) in [6.07, 6.45) is 12.7. The van der Waals surface area contributed by atoms with Crippen LogP contribution in [-0.2, 0) is 9.59 Å². The van der Waals surface area contributed by atoms with Crippen LogP contribution in [0.4, 0.5) is 0 Å². The number of fused-ring (bicyclic) bond motifs is 7. The van der Waals surface area contributed by atoms with Crippen molar-refractivity contribution < 1.29 is 19.8 Å². The van der Waals surface area contributed by atoms with Crippen molar-refractivity contribution in [3.63, 3.8) is 0 Å². The smallest absolute Gasteiger partial charge is 0.309 e. The Morgan fingerprint density at radius 3 is 2.30 bits per heavy atom. The van der Waals surface area contributed by atoms with Crippen LogP contribution in [0.2, 0.25) is 0 Å². The predicted octanol–water partition coefficient (Wildman–Crippen LogP) is 6.70. The van der Waals surface area contributed by atoms with Gasteiger partial charge < -0.3 is 10.2 Å². The molecule has 0 aromatic rings. The molecule has 4 nitrogen and oxygen atoms in total. The average Bonchev–Trinajstić information content (AvgIpc) is 2.75. The number of carbonyl (C=O) groups excluding carboxylic acids is 1. The third-order valence-electron chi connectivity index (χ3n) is 11.4. The van der Waals surface area contributed by atoms with E-state index in [0.717, 1.165) is 56.1 Å². The fraction of sp³-hybridized carbons (Fsp3) is 0.655. The van der Waals surface area contributed by atoms with Crippen molar-refractivity contribution >= 4 is 11.8 Å². The summed E-state index contributed by atoms with van der Waals surface area (Å²) < 4.78 is 0. The summed E-state index contributed by atoms with van der Waals surface area (Å²) >= 11 is 0. The monoisotopic (exact) mass is 450 g/mol. The molecule has 0 bridgehead atoms. The number of hydrogen-bond acceptors (Lipinski definition) is 3. The van der Waals surface area contributed by atoms with Gasteiger partial charge in [-0.2, -0.15) is 0 Å². The van der Waals surface area contributed by atoms with Gasteiger partial charge >= 0.3 is 5.97 Å². The zero-order valence-electron chi connectivity index (χ0n) is 21.0. The Balaban J connectivity index is 1.64. The van der Waals surface area contributed by atoms with E-state index in [0.29, 0.717) is 11.5 Å². The van der Waals surface area contributed by atoms with Crippen LogP contribution in [0.3, 0.4) is 0 Å². The second-order valence-electron chi connectivity index (χ2n) is 12.9. The number of aliphatic carboxylic acids is 1. The number of rotatable bonds is 1. The van der Waals surface area contributed by atoms with Crippen molar-refractivity contribution in [3.05, 3.63) is 46.3 Å². The molecule has 178 valence electrons. The summed E-state index contributed by atoms with van der Waals surface area (Å²) in [6.45, 7) is 13.3. The summed E-state index contributed by atoms with van der Waals surface area (Å²) in [4.78, 5) is 24.8. The lowest BCUT2D eigenvalue weighted by atomic mass is 9.34. The lowest BCUT2D eigenvalue weighted by molar-refractivity contribution is -0.178. The Bertz CT molecular complexity index is 1100. The minimum absolute atomic E-state index is 0.0000746. The Kier molecular flexibility index (Phi) is 4.48. The van der Waals surface area contributed by atoms with Gasteiger partial charge in [-0.05, 0) is 98.2 Å². The molecule has 0 aliphatic heterocycles. The van der Waals surface area contributed by atoms with E-state index < -0.39 is 11.4 Å². The summed E-state index contributed by atoms with van der Waals surface area (Å²) in [6, 6.07) is 0. The maximum Gasteiger partial charge on any atom is 0.309 e. The SMILES string of the molecule is CC1=C(O)C(=O)C=C2C1=CC=C1[C@]2(C)CC[C@@]2(C)[C@@H]3C[C@](C)(C(=O)O)CC[C@]3(C)CC[C@]12C. The van der Waals surface area contributed by atoms with Crippen LogP contribution < -0.4 is 0 Å². The molecule has 6 atom stereocenters. The van der Waals surface area contributed by atoms with E-state index >= 15 is 0 Å². The quantitative estimate of drug-likeness (QED) is 0.466. The van der Waals surface area contributed by atoms with Gasteiger partial charge in [0.2, 0.25) is 5.78 Å². The van der Waals surface area contributed by atoms with E-state index in [-0.39, 0.29) is 33.2 Å². The number of aliphatic hydroxyl groups is 1. The van der Waals surface area contributed by atoms with E-state index in [2.05, 4.69) is 39.8 Å². The number of allylic oxidation sites excluding steroid dienone is 7. The number of ketones is 1. The van der Waals surface area contributed by atoms with Gasteiger partial charge in [-0.15, -0.1) is 0 Å². The molecule has 3 saturated carbocycles. The Morgan fingerprint density at radius 1 is 0.970 bits per heavy atom. The highest BCUT2D eigenvalue weighted by atomic mass is 16.4. The van der Waals surface area contributed by atoms with E-state index in [1.54, 1.807) is 6.08 Å². The molecule has 0 unspecified atom stereocenters. The molecule has 3 fully saturated rings. The molecule has 0 saturated heterocycles. The molecule has 5 rings (SSSR count). The first-order valence-corrected chi connectivity index (χ1v) is 12.6. The van der Waals surface area contributed by atoms with E-state index in [9.17, 15) is 19.8 Å². The summed E-state index contributed by atoms with van der Waals surface area (Å²) in [5, 5.41) is 20.3. The Hall–Kier alpha value is -2.10. The fourth-order valence-corrected chi connectivity index (χ4v) is 8.65. The number of carboxylic acid groups (broad SMARTS) is 1. The maximum absolute atomic E-state index is 12.6. The van der Waals surface area contributed by atoms with Crippen molar-refractivity contribution in [1.29, 1.82) is 0 Å². The van der Waals surface area contributed by atoms with Crippen molar-refractivity contribution in [1.82, 2.24) is 0 Å². The zero-order valence-corrected chi connectivity index (χ0v) is 21.0. The van der Waals surface area contributed by atoms with Gasteiger partial charge in [0.25, 0.3) is 0 Å². The topological polar surface area (TPSA) is 74.6 Å². The molecule has 2 N–H and O–H groups in total. The van der Waals surface area contributed by atoms with Gasteiger partial charge in [0.1, 0.15) is 0 Å². The molecule has 5 aliphatic carbocycles. The van der Waals surface area contributed by atoms with Gasteiger partial charge in [0, 0.05) is 11.0 Å². The van der Waals surface area contributed by atoms with Crippen molar-refractivity contribution in [2.75, 3.05) is 0 Å². The zero-order chi connectivity index (χ0) is 24.2. The van der Waals surface area contributed by atoms with Gasteiger partial charge in [0.05, 0.1) is 5.41 Å². The molecule has 0 heterocycles. The molecule has 0 aromatic heterocycles. The minimum Gasteiger partial charge on any atom is -0.504 e. The second-order valence-corrected chi connectivity index (χ2v) is 12.9. The highest BCUT2D eigenvalue weighted by molar-refractivity contribution is 6.06. The van der Waals surface area contributed by atoms with E-state index in [4.69, 9.17) is 0 Å². The second kappa shape index (κ2) is 6.52. The first-order chi connectivity index (χ1) is 15.2. The lowest BCUT2D eigenvalue weighted by Crippen LogP contribution is -2.62. The van der Waals surface area contributed by atoms with Gasteiger partial charge in [-0.3, -0.25) is 9.59 Å². The van der Waals surface area contributed by atoms with E-state index in [1.807, 2.05) is 13.8 Å².